The Kier molecular flexibility index (Phi) is 23.8. The van der Waals surface area contributed by atoms with Gasteiger partial charge >= 0.3 is 5.97 Å². The maximum Gasteiger partial charge on any atom is 0.326 e. The number of carbonyl (C=O) groups excluding carboxylic acids is 9. The van der Waals surface area contributed by atoms with Gasteiger partial charge in [0.2, 0.25) is 53.2 Å². The fraction of sp³-hybridized carbons (Fsp3) is 0.613. The summed E-state index contributed by atoms with van der Waals surface area (Å²) in [5.41, 5.74) is 36.7. The molecule has 28 heteroatoms. The number of nitrogens with zero attached hydrogens (tertiary/aromatic N) is 2. The number of carboxylic acid groups (broad SMARTS) is 1. The summed E-state index contributed by atoms with van der Waals surface area (Å²) >= 11 is 0. The van der Waals surface area contributed by atoms with E-state index in [1.54, 1.807) is 0 Å². The lowest BCUT2D eigenvalue weighted by Crippen LogP contribution is -2.60. The lowest BCUT2D eigenvalue weighted by molar-refractivity contribution is -0.142. The van der Waals surface area contributed by atoms with Crippen LogP contribution in [0.25, 0.3) is 0 Å². The SMILES string of the molecule is CC(NC(=O)C(CC(N)=O)NC(=O)CN)C(=O)NC(CC(N)=O)C(=O)NC(CO)C(=O)NC(C)C(=O)NC(CCCN=C(N)N)C(=O)NC(CCCN=C(N)N)C(=O)O. The van der Waals surface area contributed by atoms with Crippen LogP contribution in [0.5, 0.6) is 0 Å². The Balaban J connectivity index is 5.81. The molecule has 0 saturated carbocycles. The normalized spacial score (nSPS) is 14.1. The Morgan fingerprint density at radius 3 is 1.27 bits per heavy atom. The third kappa shape index (κ3) is 21.9. The van der Waals surface area contributed by atoms with Gasteiger partial charge in [-0.2, -0.15) is 0 Å². The predicted molar refractivity (Wildman–Crippen MR) is 206 cm³/mol. The molecule has 0 aliphatic carbocycles. The fourth-order valence-corrected chi connectivity index (χ4v) is 4.70. The van der Waals surface area contributed by atoms with Gasteiger partial charge in [-0.1, -0.05) is 0 Å². The fourth-order valence-electron chi connectivity index (χ4n) is 4.70. The van der Waals surface area contributed by atoms with Crippen LogP contribution in [0.1, 0.15) is 52.4 Å². The number of aliphatic imine (C=N–C) groups is 2. The van der Waals surface area contributed by atoms with Crippen molar-refractivity contribution in [2.75, 3.05) is 26.2 Å². The minimum Gasteiger partial charge on any atom is -0.480 e. The Hall–Kier alpha value is -6.84. The van der Waals surface area contributed by atoms with Crippen molar-refractivity contribution in [3.63, 3.8) is 0 Å². The quantitative estimate of drug-likeness (QED) is 0.0197. The molecule has 59 heavy (non-hydrogen) atoms. The summed E-state index contributed by atoms with van der Waals surface area (Å²) in [5, 5.41) is 35.1. The Labute approximate surface area is 337 Å². The Bertz CT molecular complexity index is 1580. The molecule has 332 valence electrons. The van der Waals surface area contributed by atoms with Crippen LogP contribution in [0.15, 0.2) is 9.98 Å². The van der Waals surface area contributed by atoms with Gasteiger partial charge in [-0.05, 0) is 39.5 Å². The second-order valence-corrected chi connectivity index (χ2v) is 12.8. The minimum atomic E-state index is -1.79. The van der Waals surface area contributed by atoms with E-state index in [4.69, 9.17) is 40.1 Å². The molecule has 0 heterocycles. The number of hydrogen-bond donors (Lipinski definition) is 16. The number of carbonyl (C=O) groups is 10. The predicted octanol–water partition coefficient (Wildman–Crippen LogP) is -9.69. The molecule has 23 N–H and O–H groups in total. The van der Waals surface area contributed by atoms with Crippen LogP contribution in [-0.2, 0) is 47.9 Å². The molecule has 0 aromatic carbocycles. The number of rotatable bonds is 28. The highest BCUT2D eigenvalue weighted by Crippen LogP contribution is 2.05. The van der Waals surface area contributed by atoms with Crippen molar-refractivity contribution < 1.29 is 58.2 Å². The lowest BCUT2D eigenvalue weighted by atomic mass is 10.1. The van der Waals surface area contributed by atoms with Crippen molar-refractivity contribution in [3.8, 4) is 0 Å². The minimum absolute atomic E-state index is 0.0318. The lowest BCUT2D eigenvalue weighted by Gasteiger charge is -2.25. The zero-order valence-corrected chi connectivity index (χ0v) is 32.5. The Morgan fingerprint density at radius 1 is 0.508 bits per heavy atom. The molecule has 0 aliphatic rings. The van der Waals surface area contributed by atoms with E-state index in [-0.39, 0.29) is 50.7 Å². The first kappa shape index (κ1) is 52.2. The van der Waals surface area contributed by atoms with Gasteiger partial charge in [0.1, 0.15) is 42.3 Å². The van der Waals surface area contributed by atoms with Gasteiger partial charge in [-0.3, -0.25) is 53.1 Å². The number of primary amides is 2. The number of amides is 9. The standard InChI is InChI=1S/C31H56N16O12/c1-13(23(52)44-15(5-3-7-39-30(35)36)25(54)45-16(29(58)59)6-4-8-40-31(37)38)42-28(57)19(12-48)47-27(56)18(10-21(34)50)46-24(53)14(2)41-26(55)17(9-20(33)49)43-22(51)11-32/h13-19,48H,3-12,32H2,1-2H3,(H2,33,49)(H2,34,50)(H,41,55)(H,42,57)(H,43,51)(H,44,52)(H,45,54)(H,46,53)(H,47,56)(H,58,59)(H4,35,36,39)(H4,37,38,40). The van der Waals surface area contributed by atoms with Crippen molar-refractivity contribution in [2.24, 2.45) is 50.1 Å². The largest absolute Gasteiger partial charge is 0.480 e. The highest BCUT2D eigenvalue weighted by Gasteiger charge is 2.33. The van der Waals surface area contributed by atoms with Gasteiger partial charge in [-0.25, -0.2) is 4.79 Å². The first-order valence-corrected chi connectivity index (χ1v) is 17.8. The molecule has 0 aliphatic heterocycles. The van der Waals surface area contributed by atoms with E-state index in [0.717, 1.165) is 6.92 Å². The number of nitrogens with one attached hydrogen (secondary N) is 7. The number of hydrogen-bond acceptors (Lipinski definition) is 14. The van der Waals surface area contributed by atoms with Crippen LogP contribution in [0.2, 0.25) is 0 Å². The summed E-state index contributed by atoms with van der Waals surface area (Å²) in [5.74, 6) is -11.1. The summed E-state index contributed by atoms with van der Waals surface area (Å²) in [4.78, 5) is 132. The molecule has 28 nitrogen and oxygen atoms in total. The number of aliphatic carboxylic acids is 1. The molecule has 9 amide bonds. The Morgan fingerprint density at radius 2 is 0.864 bits per heavy atom. The topological polar surface area (TPSA) is 502 Å². The second-order valence-electron chi connectivity index (χ2n) is 12.8. The number of carboxylic acids is 1. The van der Waals surface area contributed by atoms with E-state index in [9.17, 15) is 58.2 Å². The van der Waals surface area contributed by atoms with E-state index < -0.39 is 127 Å². The zero-order chi connectivity index (χ0) is 45.4. The second kappa shape index (κ2) is 26.9. The van der Waals surface area contributed by atoms with Crippen molar-refractivity contribution >= 4 is 71.1 Å². The molecular weight excluding hydrogens is 788 g/mol. The van der Waals surface area contributed by atoms with Crippen LogP contribution >= 0.6 is 0 Å². The van der Waals surface area contributed by atoms with E-state index in [1.807, 2.05) is 0 Å². The van der Waals surface area contributed by atoms with Gasteiger partial charge in [-0.15, -0.1) is 0 Å². The van der Waals surface area contributed by atoms with Gasteiger partial charge < -0.3 is 87.6 Å². The molecule has 0 saturated heterocycles. The molecule has 0 radical (unpaired) electrons. The van der Waals surface area contributed by atoms with Crippen molar-refractivity contribution in [1.29, 1.82) is 0 Å². The third-order valence-electron chi connectivity index (χ3n) is 7.74. The summed E-state index contributed by atoms with van der Waals surface area (Å²) in [6.07, 6.45) is -1.36. The van der Waals surface area contributed by atoms with Crippen molar-refractivity contribution in [2.45, 2.75) is 94.7 Å². The monoisotopic (exact) mass is 844 g/mol. The summed E-state index contributed by atoms with van der Waals surface area (Å²) in [7, 11) is 0. The summed E-state index contributed by atoms with van der Waals surface area (Å²) in [6, 6.07) is -10.8. The smallest absolute Gasteiger partial charge is 0.326 e. The molecule has 0 rings (SSSR count). The van der Waals surface area contributed by atoms with Crippen LogP contribution in [0.3, 0.4) is 0 Å². The van der Waals surface area contributed by atoms with Crippen LogP contribution in [-0.4, -0.2) is 150 Å². The van der Waals surface area contributed by atoms with Crippen LogP contribution in [0, 0.1) is 0 Å². The van der Waals surface area contributed by atoms with E-state index in [2.05, 4.69) is 47.2 Å². The van der Waals surface area contributed by atoms with E-state index in [0.29, 0.717) is 0 Å². The van der Waals surface area contributed by atoms with Gasteiger partial charge in [0.05, 0.1) is 26.0 Å². The molecule has 0 bridgehead atoms. The summed E-state index contributed by atoms with van der Waals surface area (Å²) < 4.78 is 0. The average molecular weight is 845 g/mol. The molecule has 0 fully saturated rings. The van der Waals surface area contributed by atoms with E-state index >= 15 is 0 Å². The third-order valence-corrected chi connectivity index (χ3v) is 7.74. The number of nitrogens with two attached hydrogens (primary N) is 7. The zero-order valence-electron chi connectivity index (χ0n) is 32.5. The van der Waals surface area contributed by atoms with Crippen molar-refractivity contribution in [3.05, 3.63) is 0 Å². The molecule has 7 atom stereocenters. The average Bonchev–Trinajstić information content (AvgIpc) is 3.14. The van der Waals surface area contributed by atoms with Crippen molar-refractivity contribution in [1.82, 2.24) is 37.2 Å². The highest BCUT2D eigenvalue weighted by atomic mass is 16.4. The van der Waals surface area contributed by atoms with Gasteiger partial charge in [0.25, 0.3) is 0 Å². The molecular formula is C31H56N16O12. The number of aliphatic hydroxyl groups is 1. The first-order valence-electron chi connectivity index (χ1n) is 17.8. The summed E-state index contributed by atoms with van der Waals surface area (Å²) in [6.45, 7) is 0.834. The number of guanidine groups is 2. The molecule has 7 unspecified atom stereocenters. The first-order chi connectivity index (χ1) is 27.5. The van der Waals surface area contributed by atoms with Crippen LogP contribution in [0.4, 0.5) is 0 Å². The molecule has 0 spiro atoms. The highest BCUT2D eigenvalue weighted by molar-refractivity contribution is 5.99. The maximum atomic E-state index is 13.2. The van der Waals surface area contributed by atoms with Gasteiger partial charge in [0, 0.05) is 13.1 Å². The van der Waals surface area contributed by atoms with E-state index in [1.165, 1.54) is 6.92 Å². The maximum absolute atomic E-state index is 13.2. The molecule has 0 aromatic heterocycles. The van der Waals surface area contributed by atoms with Crippen LogP contribution < -0.4 is 77.4 Å². The number of aliphatic hydroxyl groups excluding tert-OH is 1. The molecule has 0 aromatic rings. The van der Waals surface area contributed by atoms with Gasteiger partial charge in [0.15, 0.2) is 11.9 Å².